The van der Waals surface area contributed by atoms with Crippen molar-refractivity contribution in [2.45, 2.75) is 30.8 Å². The molecule has 0 radical (unpaired) electrons. The highest BCUT2D eigenvalue weighted by Gasteiger charge is 2.13. The number of hydrogen-bond donors (Lipinski definition) is 2. The van der Waals surface area contributed by atoms with Gasteiger partial charge in [0, 0.05) is 35.9 Å². The van der Waals surface area contributed by atoms with Crippen LogP contribution in [0.4, 0.5) is 0 Å². The molecular weight excluding hydrogens is 466 g/mol. The van der Waals surface area contributed by atoms with E-state index < -0.39 is 15.9 Å². The molecule has 3 rings (SSSR count). The fourth-order valence-electron chi connectivity index (χ4n) is 3.10. The number of benzene rings is 2. The third kappa shape index (κ3) is 6.83. The summed E-state index contributed by atoms with van der Waals surface area (Å²) in [7, 11) is -3.31. The second-order valence-electron chi connectivity index (χ2n) is 7.65. The van der Waals surface area contributed by atoms with Gasteiger partial charge in [-0.05, 0) is 61.9 Å². The highest BCUT2D eigenvalue weighted by molar-refractivity contribution is 7.90. The summed E-state index contributed by atoms with van der Waals surface area (Å²) in [6.45, 7) is 1.58. The molecule has 33 heavy (non-hydrogen) atoms. The Bertz CT molecular complexity index is 1200. The van der Waals surface area contributed by atoms with Crippen molar-refractivity contribution in [2.24, 2.45) is 0 Å². The Labute approximate surface area is 198 Å². The van der Waals surface area contributed by atoms with Gasteiger partial charge in [0.2, 0.25) is 0 Å². The molecular formula is C24H26ClNO6S. The SMILES string of the molecule is C[C@@H](CO)Oc1cc(Oc2ccc(S(C)(=O)=O)cc2)cc(-c2ccc(C(=O)CCCCl)[nH]2)c1. The number of halogens is 1. The minimum atomic E-state index is -3.31. The van der Waals surface area contributed by atoms with Gasteiger partial charge in [-0.15, -0.1) is 11.6 Å². The molecule has 0 aliphatic rings. The van der Waals surface area contributed by atoms with Crippen molar-refractivity contribution >= 4 is 27.2 Å². The zero-order valence-electron chi connectivity index (χ0n) is 18.4. The summed E-state index contributed by atoms with van der Waals surface area (Å²) in [5, 5.41) is 9.36. The van der Waals surface area contributed by atoms with E-state index in [9.17, 15) is 18.3 Å². The van der Waals surface area contributed by atoms with Crippen LogP contribution in [0.1, 0.15) is 30.3 Å². The normalized spacial score (nSPS) is 12.4. The Hall–Kier alpha value is -2.81. The number of Topliss-reactive ketones (excluding diaryl/α,β-unsaturated/α-hetero) is 1. The number of ether oxygens (including phenoxy) is 2. The lowest BCUT2D eigenvalue weighted by atomic mass is 10.1. The largest absolute Gasteiger partial charge is 0.488 e. The minimum Gasteiger partial charge on any atom is -0.488 e. The summed E-state index contributed by atoms with van der Waals surface area (Å²) >= 11 is 5.68. The number of aliphatic hydroxyl groups is 1. The molecule has 1 atom stereocenters. The van der Waals surface area contributed by atoms with Gasteiger partial charge in [-0.1, -0.05) is 0 Å². The van der Waals surface area contributed by atoms with Crippen molar-refractivity contribution < 1.29 is 27.8 Å². The van der Waals surface area contributed by atoms with E-state index in [2.05, 4.69) is 4.98 Å². The first kappa shape index (κ1) is 24.8. The Morgan fingerprint density at radius 2 is 1.76 bits per heavy atom. The van der Waals surface area contributed by atoms with Crippen molar-refractivity contribution in [2.75, 3.05) is 18.7 Å². The quantitative estimate of drug-likeness (QED) is 0.294. The third-order valence-corrected chi connectivity index (χ3v) is 6.19. The second kappa shape index (κ2) is 10.9. The number of aromatic nitrogens is 1. The Morgan fingerprint density at radius 3 is 2.39 bits per heavy atom. The van der Waals surface area contributed by atoms with Crippen LogP contribution in [0.2, 0.25) is 0 Å². The highest BCUT2D eigenvalue weighted by Crippen LogP contribution is 2.33. The lowest BCUT2D eigenvalue weighted by Gasteiger charge is -2.15. The molecule has 176 valence electrons. The van der Waals surface area contributed by atoms with Gasteiger partial charge in [0.1, 0.15) is 23.4 Å². The molecule has 2 N–H and O–H groups in total. The van der Waals surface area contributed by atoms with Crippen LogP contribution in [0.25, 0.3) is 11.3 Å². The predicted molar refractivity (Wildman–Crippen MR) is 127 cm³/mol. The van der Waals surface area contributed by atoms with E-state index in [1.807, 2.05) is 0 Å². The van der Waals surface area contributed by atoms with Gasteiger partial charge in [-0.2, -0.15) is 0 Å². The van der Waals surface area contributed by atoms with E-state index in [4.69, 9.17) is 21.1 Å². The lowest BCUT2D eigenvalue weighted by molar-refractivity contribution is 0.0977. The fraction of sp³-hybridized carbons (Fsp3) is 0.292. The molecule has 3 aromatic rings. The van der Waals surface area contributed by atoms with Crippen LogP contribution < -0.4 is 9.47 Å². The van der Waals surface area contributed by atoms with E-state index in [1.54, 1.807) is 49.4 Å². The van der Waals surface area contributed by atoms with Crippen LogP contribution in [-0.4, -0.2) is 49.1 Å². The molecule has 0 unspecified atom stereocenters. The Morgan fingerprint density at radius 1 is 1.06 bits per heavy atom. The maximum absolute atomic E-state index is 12.3. The molecule has 9 heteroatoms. The summed E-state index contributed by atoms with van der Waals surface area (Å²) in [5.74, 6) is 1.77. The van der Waals surface area contributed by atoms with Gasteiger partial charge in [-0.25, -0.2) is 8.42 Å². The number of aliphatic hydroxyl groups excluding tert-OH is 1. The zero-order valence-corrected chi connectivity index (χ0v) is 19.9. The molecule has 1 heterocycles. The van der Waals surface area contributed by atoms with Gasteiger partial charge in [0.05, 0.1) is 17.2 Å². The van der Waals surface area contributed by atoms with E-state index >= 15 is 0 Å². The number of H-pyrrole nitrogens is 1. The molecule has 7 nitrogen and oxygen atoms in total. The average molecular weight is 492 g/mol. The number of nitrogens with one attached hydrogen (secondary N) is 1. The number of carbonyl (C=O) groups is 1. The van der Waals surface area contributed by atoms with Crippen molar-refractivity contribution in [1.29, 1.82) is 0 Å². The van der Waals surface area contributed by atoms with E-state index in [1.165, 1.54) is 12.1 Å². The number of alkyl halides is 1. The maximum Gasteiger partial charge on any atom is 0.179 e. The molecule has 0 amide bonds. The second-order valence-corrected chi connectivity index (χ2v) is 10.0. The van der Waals surface area contributed by atoms with Gasteiger partial charge >= 0.3 is 0 Å². The van der Waals surface area contributed by atoms with E-state index in [-0.39, 0.29) is 17.3 Å². The van der Waals surface area contributed by atoms with Crippen LogP contribution >= 0.6 is 11.6 Å². The lowest BCUT2D eigenvalue weighted by Crippen LogP contribution is -2.16. The number of ketones is 1. The van der Waals surface area contributed by atoms with Crippen LogP contribution in [0.5, 0.6) is 17.2 Å². The summed E-state index contributed by atoms with van der Waals surface area (Å²) in [6.07, 6.45) is 1.67. The molecule has 0 aliphatic heterocycles. The molecule has 0 spiro atoms. The molecule has 0 aliphatic carbocycles. The minimum absolute atomic E-state index is 0.0225. The summed E-state index contributed by atoms with van der Waals surface area (Å²) in [5.41, 5.74) is 1.91. The van der Waals surface area contributed by atoms with Crippen molar-refractivity contribution in [3.63, 3.8) is 0 Å². The summed E-state index contributed by atoms with van der Waals surface area (Å²) in [4.78, 5) is 15.6. The van der Waals surface area contributed by atoms with Crippen LogP contribution in [0.15, 0.2) is 59.5 Å². The highest BCUT2D eigenvalue weighted by atomic mass is 35.5. The Balaban J connectivity index is 1.91. The molecule has 1 aromatic heterocycles. The first-order valence-electron chi connectivity index (χ1n) is 10.4. The smallest absolute Gasteiger partial charge is 0.179 e. The number of hydrogen-bond acceptors (Lipinski definition) is 6. The third-order valence-electron chi connectivity index (χ3n) is 4.80. The molecule has 0 saturated carbocycles. The average Bonchev–Trinajstić information content (AvgIpc) is 3.27. The standard InChI is InChI=1S/C24H26ClNO6S/c1-16(15-27)31-19-12-17(22-9-10-23(26-22)24(28)4-3-11-25)13-20(14-19)32-18-5-7-21(8-6-18)33(2,29)30/h5-10,12-14,16,26-27H,3-4,11,15H2,1-2H3/t16-/m0/s1. The molecule has 0 saturated heterocycles. The first-order valence-corrected chi connectivity index (χ1v) is 12.8. The maximum atomic E-state index is 12.3. The van der Waals surface area contributed by atoms with E-state index in [0.717, 1.165) is 11.8 Å². The van der Waals surface area contributed by atoms with Gasteiger partial charge < -0.3 is 19.6 Å². The van der Waals surface area contributed by atoms with Crippen LogP contribution in [0, 0.1) is 0 Å². The summed E-state index contributed by atoms with van der Waals surface area (Å²) in [6, 6.07) is 14.9. The summed E-state index contributed by atoms with van der Waals surface area (Å²) < 4.78 is 35.1. The van der Waals surface area contributed by atoms with Crippen molar-refractivity contribution in [1.82, 2.24) is 4.98 Å². The topological polar surface area (TPSA) is 106 Å². The number of aromatic amines is 1. The number of carbonyl (C=O) groups excluding carboxylic acids is 1. The monoisotopic (exact) mass is 491 g/mol. The number of sulfone groups is 1. The van der Waals surface area contributed by atoms with E-state index in [0.29, 0.717) is 47.4 Å². The Kier molecular flexibility index (Phi) is 8.18. The predicted octanol–water partition coefficient (Wildman–Crippen LogP) is 4.84. The van der Waals surface area contributed by atoms with Crippen molar-refractivity contribution in [3.8, 4) is 28.5 Å². The number of rotatable bonds is 11. The van der Waals surface area contributed by atoms with Crippen LogP contribution in [-0.2, 0) is 9.84 Å². The van der Waals surface area contributed by atoms with Gasteiger partial charge in [0.25, 0.3) is 0 Å². The fourth-order valence-corrected chi connectivity index (χ4v) is 3.87. The molecule has 0 fully saturated rings. The zero-order chi connectivity index (χ0) is 24.0. The molecule has 2 aromatic carbocycles. The van der Waals surface area contributed by atoms with Gasteiger partial charge in [-0.3, -0.25) is 4.79 Å². The first-order chi connectivity index (χ1) is 15.7. The van der Waals surface area contributed by atoms with Gasteiger partial charge in [0.15, 0.2) is 15.6 Å². The molecule has 0 bridgehead atoms. The van der Waals surface area contributed by atoms with Crippen molar-refractivity contribution in [3.05, 3.63) is 60.3 Å². The van der Waals surface area contributed by atoms with Crippen LogP contribution in [0.3, 0.4) is 0 Å².